The van der Waals surface area contributed by atoms with Gasteiger partial charge in [0.15, 0.2) is 5.78 Å². The number of thiophene rings is 1. The van der Waals surface area contributed by atoms with Crippen LogP contribution in [0.3, 0.4) is 0 Å². The molecule has 0 amide bonds. The lowest BCUT2D eigenvalue weighted by molar-refractivity contribution is 0.0992. The highest BCUT2D eigenvalue weighted by atomic mass is 127. The molecule has 2 rings (SSSR count). The number of carbonyl (C=O) groups is 1. The van der Waals surface area contributed by atoms with Crippen LogP contribution in [-0.4, -0.2) is 15.6 Å². The predicted octanol–water partition coefficient (Wildman–Crippen LogP) is 3.95. The first-order valence-electron chi connectivity index (χ1n) is 5.91. The van der Waals surface area contributed by atoms with Crippen molar-refractivity contribution in [2.45, 2.75) is 32.7 Å². The van der Waals surface area contributed by atoms with Gasteiger partial charge in [-0.1, -0.05) is 6.92 Å². The Balaban J connectivity index is 2.05. The molecule has 1 unspecified atom stereocenters. The molecule has 2 aromatic rings. The fourth-order valence-electron chi connectivity index (χ4n) is 1.63. The summed E-state index contributed by atoms with van der Waals surface area (Å²) in [7, 11) is 0. The van der Waals surface area contributed by atoms with Crippen molar-refractivity contribution in [3.8, 4) is 0 Å². The van der Waals surface area contributed by atoms with Gasteiger partial charge in [-0.05, 0) is 48.1 Å². The van der Waals surface area contributed by atoms with E-state index in [0.717, 1.165) is 20.6 Å². The summed E-state index contributed by atoms with van der Waals surface area (Å²) in [5.74, 6) is 0.142. The zero-order chi connectivity index (χ0) is 13.1. The van der Waals surface area contributed by atoms with E-state index in [-0.39, 0.29) is 5.78 Å². The molecule has 0 radical (unpaired) electrons. The number of carbonyl (C=O) groups excluding carboxylic acids is 1. The first-order chi connectivity index (χ1) is 8.60. The Bertz CT molecular complexity index is 547. The molecule has 0 N–H and O–H groups in total. The Labute approximate surface area is 124 Å². The Morgan fingerprint density at radius 1 is 1.61 bits per heavy atom. The lowest BCUT2D eigenvalue weighted by Gasteiger charge is -2.07. The molecular formula is C13H15IN2OS. The zero-order valence-corrected chi connectivity index (χ0v) is 13.4. The molecular weight excluding hydrogens is 359 g/mol. The van der Waals surface area contributed by atoms with Crippen molar-refractivity contribution in [3.63, 3.8) is 0 Å². The summed E-state index contributed by atoms with van der Waals surface area (Å²) in [5, 5.41) is 6.36. The maximum Gasteiger partial charge on any atom is 0.169 e. The summed E-state index contributed by atoms with van der Waals surface area (Å²) in [5.41, 5.74) is 1.64. The average molecular weight is 374 g/mol. The van der Waals surface area contributed by atoms with Gasteiger partial charge in [-0.25, -0.2) is 0 Å². The molecule has 0 fully saturated rings. The molecule has 3 nitrogen and oxygen atoms in total. The molecule has 0 aliphatic carbocycles. The van der Waals surface area contributed by atoms with Crippen LogP contribution in [0.25, 0.3) is 0 Å². The molecule has 96 valence electrons. The number of nitrogens with zero attached hydrogens (tertiary/aromatic N) is 2. The summed E-state index contributed by atoms with van der Waals surface area (Å²) in [6.45, 7) is 4.25. The highest BCUT2D eigenvalue weighted by Crippen LogP contribution is 2.18. The molecule has 2 heterocycles. The summed E-state index contributed by atoms with van der Waals surface area (Å²) in [6.07, 6.45) is 3.38. The first-order valence-corrected chi connectivity index (χ1v) is 7.87. The monoisotopic (exact) mass is 374 g/mol. The van der Waals surface area contributed by atoms with Gasteiger partial charge in [0.1, 0.15) is 0 Å². The van der Waals surface area contributed by atoms with E-state index in [1.807, 2.05) is 28.4 Å². The molecule has 0 spiro atoms. The van der Waals surface area contributed by atoms with Crippen LogP contribution in [0.2, 0.25) is 0 Å². The van der Waals surface area contributed by atoms with Gasteiger partial charge in [-0.2, -0.15) is 5.10 Å². The second-order valence-corrected chi connectivity index (χ2v) is 7.09. The van der Waals surface area contributed by atoms with Gasteiger partial charge in [-0.3, -0.25) is 9.48 Å². The first kappa shape index (κ1) is 13.7. The van der Waals surface area contributed by atoms with Crippen LogP contribution < -0.4 is 0 Å². The van der Waals surface area contributed by atoms with Crippen LogP contribution >= 0.6 is 33.9 Å². The summed E-state index contributed by atoms with van der Waals surface area (Å²) in [6, 6.07) is 4.25. The molecule has 18 heavy (non-hydrogen) atoms. The number of aromatic nitrogens is 2. The molecule has 0 saturated carbocycles. The minimum absolute atomic E-state index is 0.142. The van der Waals surface area contributed by atoms with Crippen molar-refractivity contribution in [3.05, 3.63) is 37.9 Å². The molecule has 5 heteroatoms. The third kappa shape index (κ3) is 3.20. The van der Waals surface area contributed by atoms with Gasteiger partial charge in [0.05, 0.1) is 15.0 Å². The maximum absolute atomic E-state index is 12.0. The van der Waals surface area contributed by atoms with Gasteiger partial charge >= 0.3 is 0 Å². The van der Waals surface area contributed by atoms with Crippen molar-refractivity contribution >= 4 is 39.7 Å². The Morgan fingerprint density at radius 3 is 3.00 bits per heavy atom. The second kappa shape index (κ2) is 5.97. The number of hydrogen-bond donors (Lipinski definition) is 0. The fraction of sp³-hybridized carbons (Fsp3) is 0.385. The van der Waals surface area contributed by atoms with Gasteiger partial charge in [-0.15, -0.1) is 11.3 Å². The molecule has 0 aliphatic heterocycles. The average Bonchev–Trinajstić information content (AvgIpc) is 2.97. The lowest BCUT2D eigenvalue weighted by Crippen LogP contribution is -2.07. The molecule has 2 aromatic heterocycles. The van der Waals surface area contributed by atoms with Crippen molar-refractivity contribution in [2.24, 2.45) is 0 Å². The smallest absolute Gasteiger partial charge is 0.169 e. The van der Waals surface area contributed by atoms with Gasteiger partial charge in [0.2, 0.25) is 0 Å². The molecule has 0 aliphatic rings. The van der Waals surface area contributed by atoms with Crippen LogP contribution in [0, 0.1) is 2.88 Å². The van der Waals surface area contributed by atoms with Gasteiger partial charge < -0.3 is 0 Å². The highest BCUT2D eigenvalue weighted by Gasteiger charge is 2.12. The van der Waals surface area contributed by atoms with Crippen molar-refractivity contribution in [2.75, 3.05) is 0 Å². The van der Waals surface area contributed by atoms with E-state index >= 15 is 0 Å². The van der Waals surface area contributed by atoms with Gasteiger partial charge in [0, 0.05) is 23.2 Å². The lowest BCUT2D eigenvalue weighted by atomic mass is 10.1. The highest BCUT2D eigenvalue weighted by molar-refractivity contribution is 14.1. The molecule has 1 atom stereocenters. The topological polar surface area (TPSA) is 34.9 Å². The van der Waals surface area contributed by atoms with Gasteiger partial charge in [0.25, 0.3) is 0 Å². The van der Waals surface area contributed by atoms with Crippen molar-refractivity contribution in [1.82, 2.24) is 9.78 Å². The van der Waals surface area contributed by atoms with Crippen molar-refractivity contribution < 1.29 is 4.79 Å². The third-order valence-electron chi connectivity index (χ3n) is 2.94. The standard InChI is InChI=1S/C13H15IN2OS/c1-3-9(2)16-5-4-11(15-16)7-12(17)10-6-13(14)18-8-10/h4-6,8-9H,3,7H2,1-2H3. The molecule has 0 bridgehead atoms. The third-order valence-corrected chi connectivity index (χ3v) is 4.73. The molecule has 0 aromatic carbocycles. The predicted molar refractivity (Wildman–Crippen MR) is 82.3 cm³/mol. The number of rotatable bonds is 5. The fourth-order valence-corrected chi connectivity index (χ4v) is 2.98. The normalized spacial score (nSPS) is 12.6. The largest absolute Gasteiger partial charge is 0.294 e. The zero-order valence-electron chi connectivity index (χ0n) is 10.4. The van der Waals surface area contributed by atoms with E-state index in [1.165, 1.54) is 0 Å². The maximum atomic E-state index is 12.0. The SMILES string of the molecule is CCC(C)n1ccc(CC(=O)c2csc(I)c2)n1. The van der Waals surface area contributed by atoms with Crippen LogP contribution in [0.4, 0.5) is 0 Å². The Kier molecular flexibility index (Phi) is 4.55. The number of halogens is 1. The summed E-state index contributed by atoms with van der Waals surface area (Å²) < 4.78 is 3.07. The van der Waals surface area contributed by atoms with Crippen LogP contribution in [0.15, 0.2) is 23.7 Å². The quantitative estimate of drug-likeness (QED) is 0.587. The summed E-state index contributed by atoms with van der Waals surface area (Å²) in [4.78, 5) is 12.0. The van der Waals surface area contributed by atoms with E-state index in [1.54, 1.807) is 11.3 Å². The van der Waals surface area contributed by atoms with Crippen LogP contribution in [-0.2, 0) is 6.42 Å². The minimum Gasteiger partial charge on any atom is -0.294 e. The number of Topliss-reactive ketones (excluding diaryl/α,β-unsaturated/α-hetero) is 1. The molecule has 0 saturated heterocycles. The van der Waals surface area contributed by atoms with E-state index < -0.39 is 0 Å². The van der Waals surface area contributed by atoms with Crippen molar-refractivity contribution in [1.29, 1.82) is 0 Å². The Hall–Kier alpha value is -0.690. The van der Waals surface area contributed by atoms with E-state index in [0.29, 0.717) is 12.5 Å². The number of ketones is 1. The van der Waals surface area contributed by atoms with E-state index in [9.17, 15) is 4.79 Å². The summed E-state index contributed by atoms with van der Waals surface area (Å²) >= 11 is 3.83. The second-order valence-electron chi connectivity index (χ2n) is 4.28. The van der Waals surface area contributed by atoms with Crippen LogP contribution in [0.5, 0.6) is 0 Å². The van der Waals surface area contributed by atoms with E-state index in [4.69, 9.17) is 0 Å². The Morgan fingerprint density at radius 2 is 2.39 bits per heavy atom. The van der Waals surface area contributed by atoms with E-state index in [2.05, 4.69) is 41.5 Å². The number of hydrogen-bond acceptors (Lipinski definition) is 3. The minimum atomic E-state index is 0.142. The van der Waals surface area contributed by atoms with Crippen LogP contribution in [0.1, 0.15) is 42.4 Å².